The van der Waals surface area contributed by atoms with Crippen molar-refractivity contribution in [1.82, 2.24) is 5.32 Å². The van der Waals surface area contributed by atoms with E-state index in [0.29, 0.717) is 37.0 Å². The largest absolute Gasteiger partial charge is 0.378 e. The smallest absolute Gasteiger partial charge is 0.270 e. The van der Waals surface area contributed by atoms with Crippen molar-refractivity contribution in [3.05, 3.63) is 68.7 Å². The van der Waals surface area contributed by atoms with Crippen LogP contribution in [0.3, 0.4) is 0 Å². The van der Waals surface area contributed by atoms with E-state index in [2.05, 4.69) is 5.32 Å². The van der Waals surface area contributed by atoms with Gasteiger partial charge in [0.1, 0.15) is 0 Å². The highest BCUT2D eigenvalue weighted by Crippen LogP contribution is 2.27. The van der Waals surface area contributed by atoms with E-state index in [4.69, 9.17) is 16.3 Å². The number of nitro groups is 1. The number of non-ortho nitro benzene ring substituents is 1. The summed E-state index contributed by atoms with van der Waals surface area (Å²) in [6, 6.07) is 11.3. The van der Waals surface area contributed by atoms with Crippen LogP contribution in [0.1, 0.15) is 28.9 Å². The maximum atomic E-state index is 12.9. The summed E-state index contributed by atoms with van der Waals surface area (Å²) in [5.74, 6) is -0.359. The first kappa shape index (κ1) is 19.1. The van der Waals surface area contributed by atoms with Crippen LogP contribution in [0.4, 0.5) is 11.4 Å². The lowest BCUT2D eigenvalue weighted by molar-refractivity contribution is -0.384. The molecule has 0 spiro atoms. The van der Waals surface area contributed by atoms with Gasteiger partial charge in [-0.3, -0.25) is 14.9 Å². The third kappa shape index (κ3) is 4.56. The van der Waals surface area contributed by atoms with Gasteiger partial charge in [0, 0.05) is 30.2 Å². The predicted molar refractivity (Wildman–Crippen MR) is 103 cm³/mol. The Morgan fingerprint density at radius 1 is 1.22 bits per heavy atom. The van der Waals surface area contributed by atoms with Gasteiger partial charge < -0.3 is 15.0 Å². The lowest BCUT2D eigenvalue weighted by Gasteiger charge is -2.30. The molecule has 7 nitrogen and oxygen atoms in total. The number of ether oxygens (including phenoxy) is 1. The molecule has 1 aliphatic heterocycles. The highest BCUT2D eigenvalue weighted by atomic mass is 35.5. The second-order valence-corrected chi connectivity index (χ2v) is 6.74. The number of amides is 1. The highest BCUT2D eigenvalue weighted by Gasteiger charge is 2.23. The first-order valence-corrected chi connectivity index (χ1v) is 9.01. The molecule has 1 atom stereocenters. The van der Waals surface area contributed by atoms with Gasteiger partial charge >= 0.3 is 0 Å². The van der Waals surface area contributed by atoms with Gasteiger partial charge in [0.15, 0.2) is 0 Å². The standard InChI is InChI=1S/C19H20ClN3O4/c1-13(14-2-4-15(20)5-3-14)21-19(24)17-12-16(23(25)26)6-7-18(17)22-8-10-27-11-9-22/h2-7,12-13H,8-11H2,1H3,(H,21,24)/t13-/m0/s1. The third-order valence-electron chi connectivity index (χ3n) is 4.50. The molecule has 1 saturated heterocycles. The molecule has 0 aromatic heterocycles. The Hall–Kier alpha value is -2.64. The maximum Gasteiger partial charge on any atom is 0.270 e. The highest BCUT2D eigenvalue weighted by molar-refractivity contribution is 6.30. The monoisotopic (exact) mass is 389 g/mol. The Morgan fingerprint density at radius 3 is 2.52 bits per heavy atom. The molecule has 0 unspecified atom stereocenters. The van der Waals surface area contributed by atoms with Crippen molar-refractivity contribution < 1.29 is 14.5 Å². The summed E-state index contributed by atoms with van der Waals surface area (Å²) in [7, 11) is 0. The van der Waals surface area contributed by atoms with Crippen LogP contribution in [0.15, 0.2) is 42.5 Å². The van der Waals surface area contributed by atoms with E-state index in [0.717, 1.165) is 5.56 Å². The van der Waals surface area contributed by atoms with Crippen LogP contribution < -0.4 is 10.2 Å². The quantitative estimate of drug-likeness (QED) is 0.624. The Morgan fingerprint density at radius 2 is 1.89 bits per heavy atom. The number of carbonyl (C=O) groups is 1. The second-order valence-electron chi connectivity index (χ2n) is 6.30. The summed E-state index contributed by atoms with van der Waals surface area (Å²) in [6.45, 7) is 4.22. The average Bonchev–Trinajstić information content (AvgIpc) is 2.68. The number of halogens is 1. The van der Waals surface area contributed by atoms with Crippen molar-refractivity contribution in [3.8, 4) is 0 Å². The van der Waals surface area contributed by atoms with Crippen LogP contribution in [0.25, 0.3) is 0 Å². The van der Waals surface area contributed by atoms with Crippen molar-refractivity contribution in [2.45, 2.75) is 13.0 Å². The van der Waals surface area contributed by atoms with E-state index in [1.54, 1.807) is 18.2 Å². The van der Waals surface area contributed by atoms with Crippen molar-refractivity contribution in [2.24, 2.45) is 0 Å². The number of carbonyl (C=O) groups excluding carboxylic acids is 1. The van der Waals surface area contributed by atoms with Crippen LogP contribution >= 0.6 is 11.6 Å². The van der Waals surface area contributed by atoms with Crippen LogP contribution in [-0.4, -0.2) is 37.1 Å². The molecule has 0 bridgehead atoms. The Bertz CT molecular complexity index is 835. The van der Waals surface area contributed by atoms with E-state index in [9.17, 15) is 14.9 Å². The second kappa shape index (κ2) is 8.37. The lowest BCUT2D eigenvalue weighted by Crippen LogP contribution is -2.38. The first-order valence-electron chi connectivity index (χ1n) is 8.63. The van der Waals surface area contributed by atoms with Gasteiger partial charge in [0.25, 0.3) is 11.6 Å². The van der Waals surface area contributed by atoms with Gasteiger partial charge in [0.05, 0.1) is 35.4 Å². The fourth-order valence-corrected chi connectivity index (χ4v) is 3.13. The predicted octanol–water partition coefficient (Wildman–Crippen LogP) is 3.58. The van der Waals surface area contributed by atoms with Gasteiger partial charge in [-0.15, -0.1) is 0 Å². The van der Waals surface area contributed by atoms with E-state index in [1.807, 2.05) is 24.0 Å². The number of anilines is 1. The molecule has 1 amide bonds. The van der Waals surface area contributed by atoms with Gasteiger partial charge in [-0.25, -0.2) is 0 Å². The molecule has 142 valence electrons. The van der Waals surface area contributed by atoms with Crippen LogP contribution in [0.2, 0.25) is 5.02 Å². The summed E-state index contributed by atoms with van der Waals surface area (Å²) in [5.41, 5.74) is 1.74. The van der Waals surface area contributed by atoms with E-state index in [1.165, 1.54) is 12.1 Å². The maximum absolute atomic E-state index is 12.9. The van der Waals surface area contributed by atoms with Crippen molar-refractivity contribution in [1.29, 1.82) is 0 Å². The summed E-state index contributed by atoms with van der Waals surface area (Å²) in [6.07, 6.45) is 0. The fourth-order valence-electron chi connectivity index (χ4n) is 3.01. The minimum absolute atomic E-state index is 0.115. The first-order chi connectivity index (χ1) is 13.0. The number of benzene rings is 2. The van der Waals surface area contributed by atoms with E-state index >= 15 is 0 Å². The fraction of sp³-hybridized carbons (Fsp3) is 0.316. The van der Waals surface area contributed by atoms with Crippen LogP contribution in [0.5, 0.6) is 0 Å². The van der Waals surface area contributed by atoms with Crippen molar-refractivity contribution in [3.63, 3.8) is 0 Å². The van der Waals surface area contributed by atoms with Crippen molar-refractivity contribution in [2.75, 3.05) is 31.2 Å². The number of nitro benzene ring substituents is 1. The topological polar surface area (TPSA) is 84.7 Å². The molecule has 2 aromatic carbocycles. The molecule has 1 aliphatic rings. The number of morpholine rings is 1. The molecule has 0 aliphatic carbocycles. The lowest BCUT2D eigenvalue weighted by atomic mass is 10.1. The summed E-state index contributed by atoms with van der Waals surface area (Å²) < 4.78 is 5.35. The number of rotatable bonds is 5. The zero-order valence-corrected chi connectivity index (χ0v) is 15.6. The normalized spacial score (nSPS) is 15.3. The molecule has 1 heterocycles. The summed E-state index contributed by atoms with van der Waals surface area (Å²) in [5, 5.41) is 14.7. The van der Waals surface area contributed by atoms with Gasteiger partial charge in [-0.05, 0) is 30.7 Å². The summed E-state index contributed by atoms with van der Waals surface area (Å²) in [4.78, 5) is 25.6. The molecule has 0 radical (unpaired) electrons. The number of hydrogen-bond acceptors (Lipinski definition) is 5. The number of nitrogens with one attached hydrogen (secondary N) is 1. The molecule has 3 rings (SSSR count). The molecule has 2 aromatic rings. The van der Waals surface area contributed by atoms with Crippen LogP contribution in [-0.2, 0) is 4.74 Å². The van der Waals surface area contributed by atoms with E-state index in [-0.39, 0.29) is 23.2 Å². The molecular weight excluding hydrogens is 370 g/mol. The zero-order valence-electron chi connectivity index (χ0n) is 14.9. The average molecular weight is 390 g/mol. The van der Waals surface area contributed by atoms with Gasteiger partial charge in [-0.1, -0.05) is 23.7 Å². The molecule has 8 heteroatoms. The van der Waals surface area contributed by atoms with Crippen molar-refractivity contribution >= 4 is 28.9 Å². The summed E-state index contributed by atoms with van der Waals surface area (Å²) >= 11 is 5.90. The molecule has 1 N–H and O–H groups in total. The Labute approximate surface area is 162 Å². The van der Waals surface area contributed by atoms with Crippen LogP contribution in [0, 0.1) is 10.1 Å². The minimum Gasteiger partial charge on any atom is -0.378 e. The van der Waals surface area contributed by atoms with E-state index < -0.39 is 4.92 Å². The Balaban J connectivity index is 1.87. The molecular formula is C19H20ClN3O4. The van der Waals surface area contributed by atoms with Gasteiger partial charge in [0.2, 0.25) is 0 Å². The molecule has 27 heavy (non-hydrogen) atoms. The molecule has 0 saturated carbocycles. The third-order valence-corrected chi connectivity index (χ3v) is 4.76. The number of nitrogens with zero attached hydrogens (tertiary/aromatic N) is 2. The SMILES string of the molecule is C[C@H](NC(=O)c1cc([N+](=O)[O-])ccc1N1CCOCC1)c1ccc(Cl)cc1. The van der Waals surface area contributed by atoms with Gasteiger partial charge in [-0.2, -0.15) is 0 Å². The molecule has 1 fully saturated rings. The zero-order chi connectivity index (χ0) is 19.4. The minimum atomic E-state index is -0.498. The Kier molecular flexibility index (Phi) is 5.93. The number of hydrogen-bond donors (Lipinski definition) is 1.